The van der Waals surface area contributed by atoms with Gasteiger partial charge in [-0.15, -0.1) is 0 Å². The van der Waals surface area contributed by atoms with E-state index in [1.54, 1.807) is 6.92 Å². The largest absolute Gasteiger partial charge is 0.479 e. The van der Waals surface area contributed by atoms with Gasteiger partial charge in [-0.1, -0.05) is 102 Å². The van der Waals surface area contributed by atoms with Gasteiger partial charge < -0.3 is 9.47 Å². The van der Waals surface area contributed by atoms with Gasteiger partial charge in [-0.05, 0) is 49.4 Å². The van der Waals surface area contributed by atoms with E-state index in [9.17, 15) is 4.79 Å². The van der Waals surface area contributed by atoms with E-state index in [0.717, 1.165) is 41.8 Å². The van der Waals surface area contributed by atoms with Crippen LogP contribution in [0.5, 0.6) is 5.75 Å². The monoisotopic (exact) mass is 516 g/mol. The average Bonchev–Trinajstić information content (AvgIpc) is 2.95. The Balaban J connectivity index is 1.46. The minimum absolute atomic E-state index is 0.340. The van der Waals surface area contributed by atoms with Crippen molar-refractivity contribution in [1.29, 1.82) is 0 Å². The second-order valence-electron chi connectivity index (χ2n) is 10.0. The Labute approximate surface area is 229 Å². The van der Waals surface area contributed by atoms with Crippen molar-refractivity contribution in [3.63, 3.8) is 0 Å². The quantitative estimate of drug-likeness (QED) is 0.133. The lowest BCUT2D eigenvalue weighted by Crippen LogP contribution is -2.26. The van der Waals surface area contributed by atoms with Crippen LogP contribution in [-0.2, 0) is 16.0 Å². The van der Waals surface area contributed by atoms with Gasteiger partial charge in [0.05, 0.1) is 6.61 Å². The zero-order valence-corrected chi connectivity index (χ0v) is 23.5. The molecule has 0 spiro atoms. The van der Waals surface area contributed by atoms with Crippen LogP contribution in [0.25, 0.3) is 22.5 Å². The number of benzene rings is 2. The first-order valence-electron chi connectivity index (χ1n) is 14.5. The van der Waals surface area contributed by atoms with E-state index in [1.165, 1.54) is 56.9 Å². The third-order valence-electron chi connectivity index (χ3n) is 6.76. The summed E-state index contributed by atoms with van der Waals surface area (Å²) in [4.78, 5) is 21.2. The first kappa shape index (κ1) is 29.3. The second-order valence-corrected chi connectivity index (χ2v) is 10.0. The molecule has 1 aromatic heterocycles. The van der Waals surface area contributed by atoms with Gasteiger partial charge in [0.2, 0.25) is 0 Å². The SMILES string of the molecule is CCCCCCCCCCc1ccc(-c2ncc(-c3ccc(OC(C)C(=O)OCCCC)cc3)cn2)cc1. The predicted molar refractivity (Wildman–Crippen MR) is 155 cm³/mol. The lowest BCUT2D eigenvalue weighted by molar-refractivity contribution is -0.151. The molecule has 0 N–H and O–H groups in total. The van der Waals surface area contributed by atoms with Crippen LogP contribution in [0.3, 0.4) is 0 Å². The van der Waals surface area contributed by atoms with Crippen molar-refractivity contribution in [2.75, 3.05) is 6.61 Å². The number of hydrogen-bond acceptors (Lipinski definition) is 5. The van der Waals surface area contributed by atoms with E-state index in [4.69, 9.17) is 9.47 Å². The molecule has 3 aromatic rings. The van der Waals surface area contributed by atoms with Gasteiger partial charge in [-0.25, -0.2) is 14.8 Å². The summed E-state index contributed by atoms with van der Waals surface area (Å²) < 4.78 is 11.0. The molecule has 0 radical (unpaired) electrons. The summed E-state index contributed by atoms with van der Waals surface area (Å²) in [5.74, 6) is 1.01. The molecule has 0 aliphatic heterocycles. The summed E-state index contributed by atoms with van der Waals surface area (Å²) in [6, 6.07) is 16.2. The van der Waals surface area contributed by atoms with Crippen LogP contribution < -0.4 is 4.74 Å². The standard InChI is InChI=1S/C33H44N2O3/c1-4-6-8-9-10-11-12-13-14-27-15-17-29(18-16-27)32-34-24-30(25-35-32)28-19-21-31(22-20-28)38-26(3)33(36)37-23-7-5-2/h15-22,24-26H,4-14,23H2,1-3H3. The maximum atomic E-state index is 12.0. The molecule has 0 amide bonds. The van der Waals surface area contributed by atoms with E-state index in [2.05, 4.69) is 48.1 Å². The van der Waals surface area contributed by atoms with E-state index in [0.29, 0.717) is 12.4 Å². The molecule has 1 atom stereocenters. The van der Waals surface area contributed by atoms with Crippen molar-refractivity contribution < 1.29 is 14.3 Å². The van der Waals surface area contributed by atoms with Crippen molar-refractivity contribution >= 4 is 5.97 Å². The zero-order valence-electron chi connectivity index (χ0n) is 23.5. The molecule has 0 aliphatic rings. The van der Waals surface area contributed by atoms with Gasteiger partial charge >= 0.3 is 5.97 Å². The van der Waals surface area contributed by atoms with Crippen LogP contribution in [0.2, 0.25) is 0 Å². The van der Waals surface area contributed by atoms with Gasteiger partial charge in [0.1, 0.15) is 5.75 Å². The lowest BCUT2D eigenvalue weighted by atomic mass is 10.0. The highest BCUT2D eigenvalue weighted by Gasteiger charge is 2.16. The van der Waals surface area contributed by atoms with Gasteiger partial charge in [-0.2, -0.15) is 0 Å². The molecule has 5 nitrogen and oxygen atoms in total. The molecule has 1 heterocycles. The maximum Gasteiger partial charge on any atom is 0.347 e. The summed E-state index contributed by atoms with van der Waals surface area (Å²) >= 11 is 0. The lowest BCUT2D eigenvalue weighted by Gasteiger charge is -2.14. The Bertz CT molecular complexity index is 1060. The molecular formula is C33H44N2O3. The van der Waals surface area contributed by atoms with Gasteiger partial charge in [0.15, 0.2) is 11.9 Å². The van der Waals surface area contributed by atoms with Crippen LogP contribution in [0.15, 0.2) is 60.9 Å². The van der Waals surface area contributed by atoms with Gasteiger partial charge in [0, 0.05) is 23.5 Å². The highest BCUT2D eigenvalue weighted by molar-refractivity contribution is 5.74. The van der Waals surface area contributed by atoms with Gasteiger partial charge in [0.25, 0.3) is 0 Å². The number of rotatable bonds is 17. The Morgan fingerprint density at radius 2 is 1.29 bits per heavy atom. The number of esters is 1. The number of aromatic nitrogens is 2. The first-order chi connectivity index (χ1) is 18.6. The molecular weight excluding hydrogens is 472 g/mol. The molecule has 0 saturated carbocycles. The smallest absolute Gasteiger partial charge is 0.347 e. The molecule has 2 aromatic carbocycles. The normalized spacial score (nSPS) is 11.8. The topological polar surface area (TPSA) is 61.3 Å². The average molecular weight is 517 g/mol. The molecule has 0 saturated heterocycles. The summed E-state index contributed by atoms with van der Waals surface area (Å²) in [7, 11) is 0. The molecule has 5 heteroatoms. The minimum atomic E-state index is -0.646. The number of carbonyl (C=O) groups is 1. The summed E-state index contributed by atoms with van der Waals surface area (Å²) in [5.41, 5.74) is 4.32. The molecule has 0 aliphatic carbocycles. The number of unbranched alkanes of at least 4 members (excludes halogenated alkanes) is 8. The Morgan fingerprint density at radius 3 is 1.92 bits per heavy atom. The third-order valence-corrected chi connectivity index (χ3v) is 6.76. The van der Waals surface area contributed by atoms with Crippen molar-refractivity contribution in [2.45, 2.75) is 97.5 Å². The fraction of sp³-hybridized carbons (Fsp3) is 0.485. The summed E-state index contributed by atoms with van der Waals surface area (Å²) in [5, 5.41) is 0. The summed E-state index contributed by atoms with van der Waals surface area (Å²) in [6.07, 6.45) is 16.8. The van der Waals surface area contributed by atoms with Crippen LogP contribution >= 0.6 is 0 Å². The van der Waals surface area contributed by atoms with Crippen molar-refractivity contribution in [1.82, 2.24) is 9.97 Å². The predicted octanol–water partition coefficient (Wildman–Crippen LogP) is 8.60. The maximum absolute atomic E-state index is 12.0. The van der Waals surface area contributed by atoms with Crippen molar-refractivity contribution in [2.24, 2.45) is 0 Å². The van der Waals surface area contributed by atoms with E-state index in [-0.39, 0.29) is 5.97 Å². The molecule has 0 bridgehead atoms. The molecule has 3 rings (SSSR count). The van der Waals surface area contributed by atoms with Gasteiger partial charge in [-0.3, -0.25) is 0 Å². The third kappa shape index (κ3) is 9.92. The highest BCUT2D eigenvalue weighted by atomic mass is 16.6. The minimum Gasteiger partial charge on any atom is -0.479 e. The van der Waals surface area contributed by atoms with E-state index in [1.807, 2.05) is 36.7 Å². The van der Waals surface area contributed by atoms with Crippen LogP contribution in [0, 0.1) is 0 Å². The van der Waals surface area contributed by atoms with Crippen LogP contribution in [-0.4, -0.2) is 28.6 Å². The van der Waals surface area contributed by atoms with Crippen LogP contribution in [0.4, 0.5) is 0 Å². The Hall–Kier alpha value is -3.21. The number of carbonyl (C=O) groups excluding carboxylic acids is 1. The Kier molecular flexibility index (Phi) is 12.8. The van der Waals surface area contributed by atoms with E-state index < -0.39 is 6.10 Å². The number of hydrogen-bond donors (Lipinski definition) is 0. The molecule has 204 valence electrons. The highest BCUT2D eigenvalue weighted by Crippen LogP contribution is 2.24. The fourth-order valence-electron chi connectivity index (χ4n) is 4.32. The molecule has 38 heavy (non-hydrogen) atoms. The fourth-order valence-corrected chi connectivity index (χ4v) is 4.32. The second kappa shape index (κ2) is 16.6. The first-order valence-corrected chi connectivity index (χ1v) is 14.5. The van der Waals surface area contributed by atoms with Crippen LogP contribution in [0.1, 0.15) is 90.5 Å². The van der Waals surface area contributed by atoms with E-state index >= 15 is 0 Å². The zero-order chi connectivity index (χ0) is 27.0. The van der Waals surface area contributed by atoms with Crippen molar-refractivity contribution in [3.05, 3.63) is 66.5 Å². The Morgan fingerprint density at radius 1 is 0.711 bits per heavy atom. The molecule has 0 fully saturated rings. The molecule has 1 unspecified atom stereocenters. The summed E-state index contributed by atoms with van der Waals surface area (Å²) in [6.45, 7) is 6.46. The number of nitrogens with zero attached hydrogens (tertiary/aromatic N) is 2. The number of aryl methyl sites for hydroxylation is 1. The number of ether oxygens (including phenoxy) is 2. The van der Waals surface area contributed by atoms with Crippen molar-refractivity contribution in [3.8, 4) is 28.3 Å².